The first-order valence-corrected chi connectivity index (χ1v) is 6.27. The van der Waals surface area contributed by atoms with Crippen molar-refractivity contribution in [3.63, 3.8) is 0 Å². The molecular formula is C12H10F12O2. The number of hydrogen-bond donors (Lipinski definition) is 0. The van der Waals surface area contributed by atoms with E-state index in [1.807, 2.05) is 0 Å². The summed E-state index contributed by atoms with van der Waals surface area (Å²) in [5, 5.41) is 0. The van der Waals surface area contributed by atoms with Crippen molar-refractivity contribution in [2.75, 3.05) is 6.61 Å². The van der Waals surface area contributed by atoms with Crippen LogP contribution in [0.5, 0.6) is 0 Å². The second-order valence-electron chi connectivity index (χ2n) is 5.05. The summed E-state index contributed by atoms with van der Waals surface area (Å²) in [5.41, 5.74) is -6.27. The number of carbonyl (C=O) groups is 1. The van der Waals surface area contributed by atoms with Gasteiger partial charge >= 0.3 is 35.8 Å². The Hall–Kier alpha value is -1.63. The SMILES string of the molecule is C=CC(=O)OCCC(F)(F)C(F)(F)C(F)(F)C(F)(F)C(C)(F)C(F)(F)F. The summed E-state index contributed by atoms with van der Waals surface area (Å²) in [6.45, 7) is -0.118. The minimum atomic E-state index is -7.47. The standard InChI is InChI=1S/C12H10F12O2/c1-3-6(25)26-5-4-8(14,15)10(18,19)11(20,21)9(16,17)7(2,13)12(22,23)24/h3H,1,4-5H2,2H3. The second kappa shape index (κ2) is 6.83. The van der Waals surface area contributed by atoms with Crippen LogP contribution in [0, 0.1) is 0 Å². The highest BCUT2D eigenvalue weighted by molar-refractivity contribution is 5.81. The van der Waals surface area contributed by atoms with Gasteiger partial charge in [-0.05, 0) is 6.92 Å². The van der Waals surface area contributed by atoms with Gasteiger partial charge in [0.15, 0.2) is 0 Å². The summed E-state index contributed by atoms with van der Waals surface area (Å²) < 4.78 is 160. The molecule has 1 unspecified atom stereocenters. The van der Waals surface area contributed by atoms with Crippen LogP contribution >= 0.6 is 0 Å². The summed E-state index contributed by atoms with van der Waals surface area (Å²) in [6.07, 6.45) is -8.90. The number of alkyl halides is 12. The lowest BCUT2D eigenvalue weighted by atomic mass is 9.87. The van der Waals surface area contributed by atoms with Crippen LogP contribution in [0.25, 0.3) is 0 Å². The third-order valence-electron chi connectivity index (χ3n) is 3.20. The summed E-state index contributed by atoms with van der Waals surface area (Å²) in [7, 11) is 0. The van der Waals surface area contributed by atoms with E-state index in [0.29, 0.717) is 6.08 Å². The van der Waals surface area contributed by atoms with Gasteiger partial charge in [0.25, 0.3) is 5.67 Å². The average Bonchev–Trinajstić information content (AvgIpc) is 2.44. The highest BCUT2D eigenvalue weighted by Gasteiger charge is 2.88. The molecule has 0 N–H and O–H groups in total. The molecule has 0 aliphatic carbocycles. The van der Waals surface area contributed by atoms with E-state index in [1.54, 1.807) is 0 Å². The molecule has 0 aliphatic heterocycles. The maximum atomic E-state index is 13.3. The molecule has 0 saturated carbocycles. The third kappa shape index (κ3) is 3.72. The quantitative estimate of drug-likeness (QED) is 0.320. The van der Waals surface area contributed by atoms with E-state index in [1.165, 1.54) is 0 Å². The lowest BCUT2D eigenvalue weighted by molar-refractivity contribution is -0.412. The molecule has 0 amide bonds. The molecule has 0 aromatic heterocycles. The largest absolute Gasteiger partial charge is 0.462 e. The fraction of sp³-hybridized carbons (Fsp3) is 0.750. The third-order valence-corrected chi connectivity index (χ3v) is 3.20. The number of ether oxygens (including phenoxy) is 1. The molecule has 0 rings (SSSR count). The zero-order valence-electron chi connectivity index (χ0n) is 12.6. The Morgan fingerprint density at radius 3 is 1.62 bits per heavy atom. The Balaban J connectivity index is 5.85. The molecule has 154 valence electrons. The molecule has 26 heavy (non-hydrogen) atoms. The molecule has 0 aliphatic rings. The van der Waals surface area contributed by atoms with Crippen molar-refractivity contribution in [1.82, 2.24) is 0 Å². The molecule has 0 aromatic rings. The first kappa shape index (κ1) is 24.4. The van der Waals surface area contributed by atoms with E-state index in [-0.39, 0.29) is 0 Å². The normalized spacial score (nSPS) is 16.8. The molecule has 0 bridgehead atoms. The summed E-state index contributed by atoms with van der Waals surface area (Å²) in [6, 6.07) is 0. The van der Waals surface area contributed by atoms with Gasteiger partial charge < -0.3 is 4.74 Å². The van der Waals surface area contributed by atoms with Gasteiger partial charge in [-0.3, -0.25) is 0 Å². The average molecular weight is 414 g/mol. The van der Waals surface area contributed by atoms with Gasteiger partial charge in [0.05, 0.1) is 13.0 Å². The first-order chi connectivity index (χ1) is 11.2. The molecule has 0 aromatic carbocycles. The van der Waals surface area contributed by atoms with E-state index in [4.69, 9.17) is 0 Å². The number of carbonyl (C=O) groups excluding carboxylic acids is 1. The van der Waals surface area contributed by atoms with Crippen LogP contribution in [-0.4, -0.2) is 48.1 Å². The number of halogens is 12. The minimum absolute atomic E-state index is 0.358. The van der Waals surface area contributed by atoms with Crippen molar-refractivity contribution in [3.8, 4) is 0 Å². The van der Waals surface area contributed by atoms with Crippen molar-refractivity contribution >= 4 is 5.97 Å². The molecule has 0 radical (unpaired) electrons. The second-order valence-corrected chi connectivity index (χ2v) is 5.05. The van der Waals surface area contributed by atoms with Gasteiger partial charge in [-0.1, -0.05) is 6.58 Å². The van der Waals surface area contributed by atoms with Crippen molar-refractivity contribution < 1.29 is 62.2 Å². The van der Waals surface area contributed by atoms with Gasteiger partial charge in [-0.15, -0.1) is 0 Å². The number of hydrogen-bond acceptors (Lipinski definition) is 2. The number of esters is 1. The van der Waals surface area contributed by atoms with Crippen LogP contribution in [0.1, 0.15) is 13.3 Å². The predicted octanol–water partition coefficient (Wildman–Crippen LogP) is 4.94. The van der Waals surface area contributed by atoms with E-state index in [9.17, 15) is 57.5 Å². The molecular weight excluding hydrogens is 404 g/mol. The van der Waals surface area contributed by atoms with E-state index in [0.717, 1.165) is 0 Å². The molecule has 0 saturated heterocycles. The molecule has 0 spiro atoms. The Kier molecular flexibility index (Phi) is 6.40. The fourth-order valence-electron chi connectivity index (χ4n) is 1.40. The van der Waals surface area contributed by atoms with Crippen molar-refractivity contribution in [2.45, 2.75) is 48.9 Å². The predicted molar refractivity (Wildman–Crippen MR) is 61.1 cm³/mol. The summed E-state index contributed by atoms with van der Waals surface area (Å²) >= 11 is 0. The van der Waals surface area contributed by atoms with Gasteiger partial charge in [0.1, 0.15) is 0 Å². The Bertz CT molecular complexity index is 535. The van der Waals surface area contributed by atoms with Gasteiger partial charge in [0.2, 0.25) is 0 Å². The lowest BCUT2D eigenvalue weighted by Crippen LogP contribution is -2.70. The van der Waals surface area contributed by atoms with Crippen LogP contribution in [0.15, 0.2) is 12.7 Å². The minimum Gasteiger partial charge on any atom is -0.462 e. The van der Waals surface area contributed by atoms with Crippen molar-refractivity contribution in [3.05, 3.63) is 12.7 Å². The Morgan fingerprint density at radius 2 is 1.27 bits per heavy atom. The zero-order chi connectivity index (χ0) is 21.4. The van der Waals surface area contributed by atoms with Gasteiger partial charge in [0, 0.05) is 6.08 Å². The maximum Gasteiger partial charge on any atom is 0.428 e. The lowest BCUT2D eigenvalue weighted by Gasteiger charge is -2.41. The molecule has 2 nitrogen and oxygen atoms in total. The van der Waals surface area contributed by atoms with Crippen LogP contribution in [-0.2, 0) is 9.53 Å². The monoisotopic (exact) mass is 414 g/mol. The van der Waals surface area contributed by atoms with Gasteiger partial charge in [-0.25, -0.2) is 9.18 Å². The van der Waals surface area contributed by atoms with E-state index < -0.39 is 61.5 Å². The van der Waals surface area contributed by atoms with Crippen LogP contribution in [0.3, 0.4) is 0 Å². The zero-order valence-corrected chi connectivity index (χ0v) is 12.6. The van der Waals surface area contributed by atoms with Crippen LogP contribution < -0.4 is 0 Å². The summed E-state index contributed by atoms with van der Waals surface area (Å²) in [5.74, 6) is -29.4. The van der Waals surface area contributed by atoms with E-state index in [2.05, 4.69) is 11.3 Å². The van der Waals surface area contributed by atoms with Gasteiger partial charge in [-0.2, -0.15) is 48.3 Å². The van der Waals surface area contributed by atoms with E-state index >= 15 is 0 Å². The van der Waals surface area contributed by atoms with Crippen molar-refractivity contribution in [1.29, 1.82) is 0 Å². The number of rotatable bonds is 8. The Morgan fingerprint density at radius 1 is 0.846 bits per heavy atom. The molecule has 14 heteroatoms. The molecule has 0 heterocycles. The van der Waals surface area contributed by atoms with Crippen LogP contribution in [0.4, 0.5) is 52.7 Å². The van der Waals surface area contributed by atoms with Crippen molar-refractivity contribution in [2.24, 2.45) is 0 Å². The molecule has 0 fully saturated rings. The fourth-order valence-corrected chi connectivity index (χ4v) is 1.40. The summed E-state index contributed by atoms with van der Waals surface area (Å²) in [4.78, 5) is 10.5. The maximum absolute atomic E-state index is 13.3. The Labute approximate surface area is 137 Å². The highest BCUT2D eigenvalue weighted by Crippen LogP contribution is 2.60. The van der Waals surface area contributed by atoms with Crippen LogP contribution in [0.2, 0.25) is 0 Å². The smallest absolute Gasteiger partial charge is 0.428 e. The highest BCUT2D eigenvalue weighted by atomic mass is 19.4. The topological polar surface area (TPSA) is 26.3 Å². The molecule has 1 atom stereocenters. The first-order valence-electron chi connectivity index (χ1n) is 6.27.